The summed E-state index contributed by atoms with van der Waals surface area (Å²) >= 11 is 1.75. The molecule has 4 nitrogen and oxygen atoms in total. The van der Waals surface area contributed by atoms with Crippen LogP contribution in [0.25, 0.3) is 0 Å². The van der Waals surface area contributed by atoms with E-state index < -0.39 is 0 Å². The molecule has 19 heavy (non-hydrogen) atoms. The van der Waals surface area contributed by atoms with Crippen LogP contribution in [0.15, 0.2) is 11.6 Å². The van der Waals surface area contributed by atoms with Gasteiger partial charge in [-0.05, 0) is 32.9 Å². The molecule has 1 aromatic rings. The van der Waals surface area contributed by atoms with Gasteiger partial charge >= 0.3 is 0 Å². The van der Waals surface area contributed by atoms with Crippen molar-refractivity contribution in [3.63, 3.8) is 0 Å². The summed E-state index contributed by atoms with van der Waals surface area (Å²) in [5.74, 6) is 0. The molecule has 0 saturated carbocycles. The third-order valence-electron chi connectivity index (χ3n) is 3.85. The maximum absolute atomic E-state index is 4.40. The van der Waals surface area contributed by atoms with Crippen LogP contribution in [0.5, 0.6) is 0 Å². The second-order valence-corrected chi connectivity index (χ2v) is 6.06. The van der Waals surface area contributed by atoms with E-state index in [2.05, 4.69) is 39.3 Å². The molecule has 0 amide bonds. The minimum atomic E-state index is 0.706. The lowest BCUT2D eigenvalue weighted by Gasteiger charge is -2.38. The van der Waals surface area contributed by atoms with E-state index in [0.717, 1.165) is 26.2 Å². The summed E-state index contributed by atoms with van der Waals surface area (Å²) in [6, 6.07) is 0.706. The zero-order valence-electron chi connectivity index (χ0n) is 12.1. The molecule has 2 rings (SSSR count). The molecule has 0 spiro atoms. The second-order valence-electron chi connectivity index (χ2n) is 5.18. The monoisotopic (exact) mass is 282 g/mol. The molecule has 0 aromatic carbocycles. The predicted octanol–water partition coefficient (Wildman–Crippen LogP) is 2.04. The van der Waals surface area contributed by atoms with E-state index in [4.69, 9.17) is 0 Å². The Balaban J connectivity index is 1.67. The van der Waals surface area contributed by atoms with Gasteiger partial charge in [-0.1, -0.05) is 6.92 Å². The van der Waals surface area contributed by atoms with Crippen LogP contribution in [-0.4, -0.2) is 55.2 Å². The lowest BCUT2D eigenvalue weighted by molar-refractivity contribution is 0.186. The van der Waals surface area contributed by atoms with Gasteiger partial charge in [-0.25, -0.2) is 4.98 Å². The molecular formula is C14H26N4S. The van der Waals surface area contributed by atoms with Gasteiger partial charge < -0.3 is 10.2 Å². The lowest BCUT2D eigenvalue weighted by Crippen LogP contribution is -2.49. The largest absolute Gasteiger partial charge is 0.346 e. The number of nitrogens with zero attached hydrogens (tertiary/aromatic N) is 3. The molecule has 1 aliphatic rings. The standard InChI is InChI=1S/C14H26N4S/c1-3-15-6-4-5-13(2)17-8-10-18(11-9-17)14-16-7-12-19-14/h7,12-13,15H,3-6,8-11H2,1-2H3. The zero-order chi connectivity index (χ0) is 13.5. The Morgan fingerprint density at radius 3 is 2.79 bits per heavy atom. The Bertz CT molecular complexity index is 333. The number of anilines is 1. The number of hydrogen-bond acceptors (Lipinski definition) is 5. The van der Waals surface area contributed by atoms with Crippen LogP contribution in [0, 0.1) is 0 Å². The molecule has 1 fully saturated rings. The van der Waals surface area contributed by atoms with Crippen LogP contribution in [0.2, 0.25) is 0 Å². The van der Waals surface area contributed by atoms with Crippen LogP contribution < -0.4 is 10.2 Å². The first-order chi connectivity index (χ1) is 9.31. The number of thiazole rings is 1. The van der Waals surface area contributed by atoms with E-state index >= 15 is 0 Å². The third kappa shape index (κ3) is 4.44. The minimum Gasteiger partial charge on any atom is -0.346 e. The summed E-state index contributed by atoms with van der Waals surface area (Å²) in [7, 11) is 0. The van der Waals surface area contributed by atoms with Crippen LogP contribution in [0.1, 0.15) is 26.7 Å². The molecule has 1 saturated heterocycles. The van der Waals surface area contributed by atoms with Crippen LogP contribution in [0.4, 0.5) is 5.13 Å². The Hall–Kier alpha value is -0.650. The molecule has 1 aliphatic heterocycles. The highest BCUT2D eigenvalue weighted by Crippen LogP contribution is 2.20. The zero-order valence-corrected chi connectivity index (χ0v) is 13.0. The van der Waals surface area contributed by atoms with Crippen molar-refractivity contribution in [3.8, 4) is 0 Å². The van der Waals surface area contributed by atoms with Crippen molar-refractivity contribution < 1.29 is 0 Å². The fraction of sp³-hybridized carbons (Fsp3) is 0.786. The molecule has 1 atom stereocenters. The molecule has 0 bridgehead atoms. The Labute approximate surface area is 120 Å². The topological polar surface area (TPSA) is 31.4 Å². The smallest absolute Gasteiger partial charge is 0.185 e. The number of nitrogens with one attached hydrogen (secondary N) is 1. The van der Waals surface area contributed by atoms with Gasteiger partial charge in [-0.2, -0.15) is 0 Å². The Morgan fingerprint density at radius 1 is 1.37 bits per heavy atom. The van der Waals surface area contributed by atoms with E-state index in [0.29, 0.717) is 6.04 Å². The maximum atomic E-state index is 4.40. The molecule has 0 aliphatic carbocycles. The summed E-state index contributed by atoms with van der Waals surface area (Å²) in [6.45, 7) is 11.3. The number of rotatable bonds is 7. The van der Waals surface area contributed by atoms with Crippen molar-refractivity contribution in [1.82, 2.24) is 15.2 Å². The first-order valence-corrected chi connectivity index (χ1v) is 8.28. The van der Waals surface area contributed by atoms with Crippen molar-refractivity contribution in [1.29, 1.82) is 0 Å². The third-order valence-corrected chi connectivity index (χ3v) is 4.69. The van der Waals surface area contributed by atoms with E-state index in [1.807, 2.05) is 6.20 Å². The van der Waals surface area contributed by atoms with Gasteiger partial charge in [0.25, 0.3) is 0 Å². The summed E-state index contributed by atoms with van der Waals surface area (Å²) in [5, 5.41) is 6.64. The molecule has 1 unspecified atom stereocenters. The van der Waals surface area contributed by atoms with Crippen LogP contribution in [-0.2, 0) is 0 Å². The summed E-state index contributed by atoms with van der Waals surface area (Å²) in [6.07, 6.45) is 4.47. The van der Waals surface area contributed by atoms with Crippen LogP contribution >= 0.6 is 11.3 Å². The van der Waals surface area contributed by atoms with Crippen molar-refractivity contribution in [2.75, 3.05) is 44.2 Å². The molecule has 0 radical (unpaired) electrons. The lowest BCUT2D eigenvalue weighted by atomic mass is 10.1. The second kappa shape index (κ2) is 7.82. The maximum Gasteiger partial charge on any atom is 0.185 e. The summed E-state index contributed by atoms with van der Waals surface area (Å²) < 4.78 is 0. The predicted molar refractivity (Wildman–Crippen MR) is 83.1 cm³/mol. The summed E-state index contributed by atoms with van der Waals surface area (Å²) in [5.41, 5.74) is 0. The highest BCUT2D eigenvalue weighted by molar-refractivity contribution is 7.13. The molecular weight excluding hydrogens is 256 g/mol. The number of aromatic nitrogens is 1. The van der Waals surface area contributed by atoms with Gasteiger partial charge in [-0.3, -0.25) is 4.90 Å². The molecule has 2 heterocycles. The van der Waals surface area contributed by atoms with Gasteiger partial charge in [0, 0.05) is 43.8 Å². The quantitative estimate of drug-likeness (QED) is 0.776. The van der Waals surface area contributed by atoms with Crippen molar-refractivity contribution in [3.05, 3.63) is 11.6 Å². The fourth-order valence-electron chi connectivity index (χ4n) is 2.61. The first kappa shape index (κ1) is 14.8. The number of piperazine rings is 1. The highest BCUT2D eigenvalue weighted by atomic mass is 32.1. The van der Waals surface area contributed by atoms with Crippen molar-refractivity contribution >= 4 is 16.5 Å². The minimum absolute atomic E-state index is 0.706. The number of hydrogen-bond donors (Lipinski definition) is 1. The van der Waals surface area contributed by atoms with E-state index in [9.17, 15) is 0 Å². The van der Waals surface area contributed by atoms with Gasteiger partial charge in [0.05, 0.1) is 0 Å². The van der Waals surface area contributed by atoms with Gasteiger partial charge in [0.15, 0.2) is 5.13 Å². The SMILES string of the molecule is CCNCCCC(C)N1CCN(c2nccs2)CC1. The van der Waals surface area contributed by atoms with Gasteiger partial charge in [-0.15, -0.1) is 11.3 Å². The van der Waals surface area contributed by atoms with Crippen LogP contribution in [0.3, 0.4) is 0 Å². The molecule has 5 heteroatoms. The van der Waals surface area contributed by atoms with Crippen molar-refractivity contribution in [2.24, 2.45) is 0 Å². The highest BCUT2D eigenvalue weighted by Gasteiger charge is 2.21. The first-order valence-electron chi connectivity index (χ1n) is 7.40. The molecule has 1 aromatic heterocycles. The normalized spacial score (nSPS) is 18.7. The average molecular weight is 282 g/mol. The van der Waals surface area contributed by atoms with Gasteiger partial charge in [0.2, 0.25) is 0 Å². The van der Waals surface area contributed by atoms with Crippen molar-refractivity contribution in [2.45, 2.75) is 32.7 Å². The van der Waals surface area contributed by atoms with E-state index in [1.54, 1.807) is 11.3 Å². The Kier molecular flexibility index (Phi) is 6.07. The van der Waals surface area contributed by atoms with Gasteiger partial charge in [0.1, 0.15) is 0 Å². The molecule has 108 valence electrons. The molecule has 1 N–H and O–H groups in total. The average Bonchev–Trinajstić information content (AvgIpc) is 2.98. The Morgan fingerprint density at radius 2 is 2.16 bits per heavy atom. The summed E-state index contributed by atoms with van der Waals surface area (Å²) in [4.78, 5) is 9.43. The fourth-order valence-corrected chi connectivity index (χ4v) is 3.30. The van der Waals surface area contributed by atoms with E-state index in [-0.39, 0.29) is 0 Å². The van der Waals surface area contributed by atoms with E-state index in [1.165, 1.54) is 31.1 Å².